The molecule has 2 aromatic rings. The van der Waals surface area contributed by atoms with Crippen molar-refractivity contribution in [3.05, 3.63) is 62.7 Å². The Balaban J connectivity index is 2.09. The highest BCUT2D eigenvalue weighted by atomic mass is 32.2. The summed E-state index contributed by atoms with van der Waals surface area (Å²) in [5.74, 6) is 0. The van der Waals surface area contributed by atoms with Gasteiger partial charge in [0.1, 0.15) is 6.04 Å². The van der Waals surface area contributed by atoms with Crippen molar-refractivity contribution in [1.82, 2.24) is 0 Å². The second-order valence-corrected chi connectivity index (χ2v) is 7.38. The van der Waals surface area contributed by atoms with Gasteiger partial charge in [0.05, 0.1) is 17.6 Å². The largest absolute Gasteiger partial charge is 0.390 e. The predicted octanol–water partition coefficient (Wildman–Crippen LogP) is 3.17. The van der Waals surface area contributed by atoms with Crippen molar-refractivity contribution >= 4 is 21.5 Å². The molecular formula is C14H15N3O4S2. The number of thiophene rings is 1. The molecule has 2 rings (SSSR count). The van der Waals surface area contributed by atoms with Crippen molar-refractivity contribution in [2.45, 2.75) is 24.0 Å². The van der Waals surface area contributed by atoms with E-state index in [0.717, 1.165) is 5.56 Å². The minimum atomic E-state index is -3.98. The zero-order chi connectivity index (χ0) is 16.9. The summed E-state index contributed by atoms with van der Waals surface area (Å²) in [6.45, 7) is 1.34. The van der Waals surface area contributed by atoms with Crippen molar-refractivity contribution in [3.8, 4) is 0 Å². The Kier molecular flexibility index (Phi) is 5.75. The zero-order valence-electron chi connectivity index (χ0n) is 12.2. The molecule has 0 amide bonds. The molecule has 0 saturated heterocycles. The highest BCUT2D eigenvalue weighted by Gasteiger charge is 2.24. The molecule has 7 nitrogen and oxygen atoms in total. The normalized spacial score (nSPS) is 14.0. The van der Waals surface area contributed by atoms with Gasteiger partial charge in [-0.3, -0.25) is 4.18 Å². The number of azide groups is 1. The molecular weight excluding hydrogens is 338 g/mol. The first-order valence-electron chi connectivity index (χ1n) is 6.66. The van der Waals surface area contributed by atoms with Crippen LogP contribution < -0.4 is 0 Å². The van der Waals surface area contributed by atoms with Gasteiger partial charge in [-0.15, -0.1) is 11.3 Å². The van der Waals surface area contributed by atoms with E-state index in [1.165, 1.54) is 23.5 Å². The quantitative estimate of drug-likeness (QED) is 0.356. The average Bonchev–Trinajstić information content (AvgIpc) is 3.05. The molecule has 2 atom stereocenters. The summed E-state index contributed by atoms with van der Waals surface area (Å²) in [5.41, 5.74) is 9.53. The van der Waals surface area contributed by atoms with Crippen molar-refractivity contribution in [2.75, 3.05) is 6.61 Å². The number of hydrogen-bond donors (Lipinski definition) is 1. The van der Waals surface area contributed by atoms with Crippen LogP contribution in [0.25, 0.3) is 10.4 Å². The van der Waals surface area contributed by atoms with Gasteiger partial charge < -0.3 is 5.11 Å². The first-order chi connectivity index (χ1) is 10.9. The van der Waals surface area contributed by atoms with Crippen molar-refractivity contribution in [3.63, 3.8) is 0 Å². The Morgan fingerprint density at radius 1 is 1.35 bits per heavy atom. The summed E-state index contributed by atoms with van der Waals surface area (Å²) in [6, 6.07) is 8.72. The molecule has 0 aliphatic rings. The highest BCUT2D eigenvalue weighted by molar-refractivity contribution is 7.86. The van der Waals surface area contributed by atoms with Crippen LogP contribution in [-0.4, -0.2) is 26.2 Å². The van der Waals surface area contributed by atoms with Crippen LogP contribution in [-0.2, 0) is 14.3 Å². The van der Waals surface area contributed by atoms with E-state index in [9.17, 15) is 13.5 Å². The Labute approximate surface area is 137 Å². The lowest BCUT2D eigenvalue weighted by atomic mass is 10.1. The molecule has 0 unspecified atom stereocenters. The summed E-state index contributed by atoms with van der Waals surface area (Å²) < 4.78 is 29.0. The molecule has 0 saturated carbocycles. The van der Waals surface area contributed by atoms with Gasteiger partial charge in [-0.1, -0.05) is 28.9 Å². The smallest absolute Gasteiger partial charge is 0.297 e. The SMILES string of the molecule is Cc1ccc(S(=O)(=O)OC[C@@H](O)[C@@H](N=[N+]=[N-])c2cccs2)cc1. The van der Waals surface area contributed by atoms with Gasteiger partial charge >= 0.3 is 0 Å². The number of benzene rings is 1. The topological polar surface area (TPSA) is 112 Å². The lowest BCUT2D eigenvalue weighted by Crippen LogP contribution is -2.24. The maximum absolute atomic E-state index is 12.1. The summed E-state index contributed by atoms with van der Waals surface area (Å²) in [7, 11) is -3.98. The molecule has 0 aliphatic heterocycles. The number of aliphatic hydroxyl groups excluding tert-OH is 1. The van der Waals surface area contributed by atoms with E-state index in [2.05, 4.69) is 10.0 Å². The van der Waals surface area contributed by atoms with Crippen molar-refractivity contribution in [1.29, 1.82) is 0 Å². The lowest BCUT2D eigenvalue weighted by Gasteiger charge is -2.17. The third kappa shape index (κ3) is 4.54. The Morgan fingerprint density at radius 3 is 2.61 bits per heavy atom. The van der Waals surface area contributed by atoms with E-state index in [4.69, 9.17) is 9.71 Å². The fraction of sp³-hybridized carbons (Fsp3) is 0.286. The number of hydrogen-bond acceptors (Lipinski definition) is 6. The number of aliphatic hydroxyl groups is 1. The van der Waals surface area contributed by atoms with Crippen molar-refractivity contribution in [2.24, 2.45) is 5.11 Å². The van der Waals surface area contributed by atoms with E-state index < -0.39 is 28.9 Å². The second-order valence-electron chi connectivity index (χ2n) is 4.78. The Bertz CT molecular complexity index is 782. The third-order valence-electron chi connectivity index (χ3n) is 3.08. The highest BCUT2D eigenvalue weighted by Crippen LogP contribution is 2.27. The Hall–Kier alpha value is -1.90. The molecule has 9 heteroatoms. The minimum Gasteiger partial charge on any atom is -0.390 e. The van der Waals surface area contributed by atoms with E-state index in [-0.39, 0.29) is 4.90 Å². The molecule has 122 valence electrons. The number of nitrogens with zero attached hydrogens (tertiary/aromatic N) is 3. The van der Waals surface area contributed by atoms with Gasteiger partial charge in [0, 0.05) is 9.79 Å². The van der Waals surface area contributed by atoms with Gasteiger partial charge in [0.15, 0.2) is 0 Å². The van der Waals surface area contributed by atoms with E-state index >= 15 is 0 Å². The first-order valence-corrected chi connectivity index (χ1v) is 8.94. The van der Waals surface area contributed by atoms with Crippen LogP contribution >= 0.6 is 11.3 Å². The average molecular weight is 353 g/mol. The van der Waals surface area contributed by atoms with Crippen molar-refractivity contribution < 1.29 is 17.7 Å². The standard InChI is InChI=1S/C14H15N3O4S2/c1-10-4-6-11(7-5-10)23(19,20)21-9-12(18)14(16-17-15)13-3-2-8-22-13/h2-8,12,14,18H,9H2,1H3/t12-,14-/m1/s1. The maximum Gasteiger partial charge on any atom is 0.297 e. The molecule has 0 radical (unpaired) electrons. The molecule has 1 heterocycles. The molecule has 0 aliphatic carbocycles. The van der Waals surface area contributed by atoms with Crippen LogP contribution in [0.1, 0.15) is 16.5 Å². The summed E-state index contributed by atoms with van der Waals surface area (Å²) in [4.78, 5) is 3.33. The van der Waals surface area contributed by atoms with E-state index in [0.29, 0.717) is 4.88 Å². The van der Waals surface area contributed by atoms with Crippen LogP contribution in [0.15, 0.2) is 51.8 Å². The number of rotatable bonds is 7. The predicted molar refractivity (Wildman–Crippen MR) is 86.5 cm³/mol. The van der Waals surface area contributed by atoms with Gasteiger partial charge in [0.2, 0.25) is 0 Å². The van der Waals surface area contributed by atoms with Crippen LogP contribution in [0, 0.1) is 6.92 Å². The second kappa shape index (κ2) is 7.58. The minimum absolute atomic E-state index is 0.00626. The molecule has 0 bridgehead atoms. The molecule has 1 N–H and O–H groups in total. The number of aryl methyl sites for hydroxylation is 1. The first kappa shape index (κ1) is 17.5. The summed E-state index contributed by atoms with van der Waals surface area (Å²) in [6.07, 6.45) is -1.27. The van der Waals surface area contributed by atoms with Crippen LogP contribution in [0.4, 0.5) is 0 Å². The summed E-state index contributed by atoms with van der Waals surface area (Å²) >= 11 is 1.30. The van der Waals surface area contributed by atoms with Gasteiger partial charge in [-0.2, -0.15) is 8.42 Å². The molecule has 0 fully saturated rings. The zero-order valence-corrected chi connectivity index (χ0v) is 13.9. The van der Waals surface area contributed by atoms with Crippen LogP contribution in [0.3, 0.4) is 0 Å². The Morgan fingerprint density at radius 2 is 2.04 bits per heavy atom. The van der Waals surface area contributed by atoms with Crippen LogP contribution in [0.5, 0.6) is 0 Å². The molecule has 1 aromatic heterocycles. The van der Waals surface area contributed by atoms with E-state index in [1.54, 1.807) is 29.6 Å². The fourth-order valence-corrected chi connectivity index (χ4v) is 3.60. The lowest BCUT2D eigenvalue weighted by molar-refractivity contribution is 0.0889. The third-order valence-corrected chi connectivity index (χ3v) is 5.32. The fourth-order valence-electron chi connectivity index (χ4n) is 1.86. The van der Waals surface area contributed by atoms with E-state index in [1.807, 2.05) is 6.92 Å². The maximum atomic E-state index is 12.1. The monoisotopic (exact) mass is 353 g/mol. The molecule has 1 aromatic carbocycles. The summed E-state index contributed by atoms with van der Waals surface area (Å²) in [5, 5.41) is 15.4. The van der Waals surface area contributed by atoms with Gasteiger partial charge in [-0.25, -0.2) is 0 Å². The molecule has 23 heavy (non-hydrogen) atoms. The van der Waals surface area contributed by atoms with Gasteiger partial charge in [0.25, 0.3) is 10.1 Å². The van der Waals surface area contributed by atoms with Crippen LogP contribution in [0.2, 0.25) is 0 Å². The molecule has 0 spiro atoms. The van der Waals surface area contributed by atoms with Gasteiger partial charge in [-0.05, 0) is 36.0 Å².